The average Bonchev–Trinajstić information content (AvgIpc) is 3.09. The van der Waals surface area contributed by atoms with Crippen LogP contribution in [0.5, 0.6) is 0 Å². The minimum absolute atomic E-state index is 0.153. The van der Waals surface area contributed by atoms with Crippen LogP contribution < -0.4 is 5.32 Å². The number of aromatic carboxylic acids is 1. The molecule has 0 atom stereocenters. The van der Waals surface area contributed by atoms with E-state index in [1.54, 1.807) is 32.9 Å². The standard InChI is InChI=1S/C15H19NO4/c1-15(2,3)20-14(19)16-12-8-10(13(17)18)6-7-11(12)9-4-5-9/h6-9H,4-5H2,1-3H3,(H,16,19)(H,17,18). The number of amides is 1. The van der Waals surface area contributed by atoms with Crippen molar-refractivity contribution < 1.29 is 19.4 Å². The van der Waals surface area contributed by atoms with Crippen LogP contribution in [0.1, 0.15) is 55.5 Å². The molecule has 0 saturated heterocycles. The fraction of sp³-hybridized carbons (Fsp3) is 0.467. The van der Waals surface area contributed by atoms with Crippen molar-refractivity contribution in [2.24, 2.45) is 0 Å². The summed E-state index contributed by atoms with van der Waals surface area (Å²) in [6, 6.07) is 4.82. The van der Waals surface area contributed by atoms with Crippen molar-refractivity contribution in [2.75, 3.05) is 5.32 Å². The van der Waals surface area contributed by atoms with Gasteiger partial charge in [0.1, 0.15) is 5.60 Å². The average molecular weight is 277 g/mol. The molecule has 1 saturated carbocycles. The highest BCUT2D eigenvalue weighted by Gasteiger charge is 2.28. The van der Waals surface area contributed by atoms with Gasteiger partial charge >= 0.3 is 12.1 Å². The molecule has 2 rings (SSSR count). The second-order valence-corrected chi connectivity index (χ2v) is 6.01. The maximum Gasteiger partial charge on any atom is 0.412 e. The van der Waals surface area contributed by atoms with Gasteiger partial charge in [-0.1, -0.05) is 6.07 Å². The maximum absolute atomic E-state index is 11.8. The van der Waals surface area contributed by atoms with E-state index in [0.717, 1.165) is 18.4 Å². The molecule has 0 heterocycles. The first-order valence-corrected chi connectivity index (χ1v) is 6.63. The minimum Gasteiger partial charge on any atom is -0.478 e. The van der Waals surface area contributed by atoms with Gasteiger partial charge in [0.15, 0.2) is 0 Å². The monoisotopic (exact) mass is 277 g/mol. The van der Waals surface area contributed by atoms with E-state index in [9.17, 15) is 9.59 Å². The minimum atomic E-state index is -1.01. The van der Waals surface area contributed by atoms with Gasteiger partial charge in [0.05, 0.1) is 5.56 Å². The first kappa shape index (κ1) is 14.4. The summed E-state index contributed by atoms with van der Waals surface area (Å²) in [6.07, 6.45) is 1.56. The third-order valence-electron chi connectivity index (χ3n) is 2.95. The Bertz CT molecular complexity index is 541. The number of hydrogen-bond acceptors (Lipinski definition) is 3. The van der Waals surface area contributed by atoms with Gasteiger partial charge in [-0.3, -0.25) is 5.32 Å². The zero-order chi connectivity index (χ0) is 14.9. The fourth-order valence-corrected chi connectivity index (χ4v) is 1.96. The molecule has 108 valence electrons. The van der Waals surface area contributed by atoms with Crippen LogP contribution in [0.25, 0.3) is 0 Å². The van der Waals surface area contributed by atoms with Gasteiger partial charge in [0.2, 0.25) is 0 Å². The molecular formula is C15H19NO4. The van der Waals surface area contributed by atoms with Gasteiger partial charge in [0, 0.05) is 5.69 Å². The Labute approximate surface area is 117 Å². The number of carbonyl (C=O) groups excluding carboxylic acids is 1. The summed E-state index contributed by atoms with van der Waals surface area (Å²) in [5.74, 6) is -0.609. The Morgan fingerprint density at radius 2 is 1.95 bits per heavy atom. The maximum atomic E-state index is 11.8. The van der Waals surface area contributed by atoms with Crippen LogP contribution in [-0.2, 0) is 4.74 Å². The molecule has 1 aliphatic rings. The highest BCUT2D eigenvalue weighted by molar-refractivity contribution is 5.92. The number of nitrogens with one attached hydrogen (secondary N) is 1. The highest BCUT2D eigenvalue weighted by atomic mass is 16.6. The summed E-state index contributed by atoms with van der Waals surface area (Å²) < 4.78 is 5.20. The predicted molar refractivity (Wildman–Crippen MR) is 75.2 cm³/mol. The van der Waals surface area contributed by atoms with Gasteiger partial charge in [0.25, 0.3) is 0 Å². The Morgan fingerprint density at radius 3 is 2.45 bits per heavy atom. The van der Waals surface area contributed by atoms with Crippen LogP contribution in [0.15, 0.2) is 18.2 Å². The number of carbonyl (C=O) groups is 2. The van der Waals surface area contributed by atoms with Crippen molar-refractivity contribution in [1.82, 2.24) is 0 Å². The lowest BCUT2D eigenvalue weighted by atomic mass is 10.1. The van der Waals surface area contributed by atoms with E-state index >= 15 is 0 Å². The van der Waals surface area contributed by atoms with Gasteiger partial charge in [-0.05, 0) is 57.2 Å². The number of rotatable bonds is 3. The molecular weight excluding hydrogens is 258 g/mol. The summed E-state index contributed by atoms with van der Waals surface area (Å²) in [5.41, 5.74) is 1.07. The fourth-order valence-electron chi connectivity index (χ4n) is 1.96. The van der Waals surface area contributed by atoms with E-state index in [0.29, 0.717) is 11.6 Å². The molecule has 1 aromatic carbocycles. The Balaban J connectivity index is 2.21. The number of carboxylic acids is 1. The molecule has 0 bridgehead atoms. The molecule has 0 aromatic heterocycles. The van der Waals surface area contributed by atoms with Crippen molar-refractivity contribution in [2.45, 2.75) is 45.1 Å². The topological polar surface area (TPSA) is 75.6 Å². The predicted octanol–water partition coefficient (Wildman–Crippen LogP) is 3.61. The van der Waals surface area contributed by atoms with E-state index < -0.39 is 17.7 Å². The van der Waals surface area contributed by atoms with E-state index in [1.807, 2.05) is 0 Å². The lowest BCUT2D eigenvalue weighted by molar-refractivity contribution is 0.0632. The van der Waals surface area contributed by atoms with Gasteiger partial charge in [-0.15, -0.1) is 0 Å². The van der Waals surface area contributed by atoms with Crippen LogP contribution in [0.4, 0.5) is 10.5 Å². The van der Waals surface area contributed by atoms with Crippen molar-refractivity contribution in [3.63, 3.8) is 0 Å². The molecule has 2 N–H and O–H groups in total. The molecule has 0 spiro atoms. The Morgan fingerprint density at radius 1 is 1.30 bits per heavy atom. The van der Waals surface area contributed by atoms with Crippen molar-refractivity contribution in [1.29, 1.82) is 0 Å². The third kappa shape index (κ3) is 3.73. The highest BCUT2D eigenvalue weighted by Crippen LogP contribution is 2.43. The number of benzene rings is 1. The van der Waals surface area contributed by atoms with Gasteiger partial charge in [-0.2, -0.15) is 0 Å². The van der Waals surface area contributed by atoms with Crippen molar-refractivity contribution >= 4 is 17.7 Å². The Kier molecular flexibility index (Phi) is 3.70. The summed E-state index contributed by atoms with van der Waals surface area (Å²) >= 11 is 0. The molecule has 0 aliphatic heterocycles. The molecule has 1 amide bonds. The van der Waals surface area contributed by atoms with E-state index in [2.05, 4.69) is 5.32 Å². The van der Waals surface area contributed by atoms with E-state index in [4.69, 9.17) is 9.84 Å². The first-order valence-electron chi connectivity index (χ1n) is 6.63. The molecule has 1 fully saturated rings. The quantitative estimate of drug-likeness (QED) is 0.885. The van der Waals surface area contributed by atoms with Crippen LogP contribution in [-0.4, -0.2) is 22.8 Å². The van der Waals surface area contributed by atoms with Crippen LogP contribution in [0, 0.1) is 0 Å². The van der Waals surface area contributed by atoms with Crippen molar-refractivity contribution in [3.05, 3.63) is 29.3 Å². The molecule has 1 aromatic rings. The van der Waals surface area contributed by atoms with Gasteiger partial charge < -0.3 is 9.84 Å². The van der Waals surface area contributed by atoms with Crippen molar-refractivity contribution in [3.8, 4) is 0 Å². The number of ether oxygens (including phenoxy) is 1. The molecule has 0 unspecified atom stereocenters. The second-order valence-electron chi connectivity index (χ2n) is 6.01. The van der Waals surface area contributed by atoms with Gasteiger partial charge in [-0.25, -0.2) is 9.59 Å². The molecule has 1 aliphatic carbocycles. The lowest BCUT2D eigenvalue weighted by Crippen LogP contribution is -2.27. The van der Waals surface area contributed by atoms with Crippen LogP contribution >= 0.6 is 0 Å². The zero-order valence-electron chi connectivity index (χ0n) is 11.9. The molecule has 20 heavy (non-hydrogen) atoms. The van der Waals surface area contributed by atoms with E-state index in [-0.39, 0.29) is 5.56 Å². The smallest absolute Gasteiger partial charge is 0.412 e. The molecule has 5 nitrogen and oxygen atoms in total. The SMILES string of the molecule is CC(C)(C)OC(=O)Nc1cc(C(=O)O)ccc1C1CC1. The largest absolute Gasteiger partial charge is 0.478 e. The molecule has 0 radical (unpaired) electrons. The van der Waals surface area contributed by atoms with Crippen LogP contribution in [0.2, 0.25) is 0 Å². The Hall–Kier alpha value is -2.04. The molecule has 5 heteroatoms. The summed E-state index contributed by atoms with van der Waals surface area (Å²) in [7, 11) is 0. The van der Waals surface area contributed by atoms with Crippen LogP contribution in [0.3, 0.4) is 0 Å². The number of anilines is 1. The first-order chi connectivity index (χ1) is 9.26. The number of carboxylic acid groups (broad SMARTS) is 1. The van der Waals surface area contributed by atoms with E-state index in [1.165, 1.54) is 6.07 Å². The summed E-state index contributed by atoms with van der Waals surface area (Å²) in [5, 5.41) is 11.7. The third-order valence-corrected chi connectivity index (χ3v) is 2.95. The zero-order valence-corrected chi connectivity index (χ0v) is 11.9. The number of hydrogen-bond donors (Lipinski definition) is 2. The lowest BCUT2D eigenvalue weighted by Gasteiger charge is -2.20. The summed E-state index contributed by atoms with van der Waals surface area (Å²) in [6.45, 7) is 5.34. The normalized spacial score (nSPS) is 14.8. The second kappa shape index (κ2) is 5.15. The summed E-state index contributed by atoms with van der Waals surface area (Å²) in [4.78, 5) is 22.8.